The Labute approximate surface area is 265 Å². The highest BCUT2D eigenvalue weighted by Crippen LogP contribution is 2.32. The fraction of sp³-hybridized carbons (Fsp3) is 0.512. The Morgan fingerprint density at radius 2 is 0.860 bits per heavy atom. The number of benzene rings is 1. The van der Waals surface area contributed by atoms with Gasteiger partial charge in [0.05, 0.1) is 0 Å². The van der Waals surface area contributed by atoms with Crippen molar-refractivity contribution >= 4 is 0 Å². The van der Waals surface area contributed by atoms with Crippen molar-refractivity contribution in [3.05, 3.63) is 105 Å². The summed E-state index contributed by atoms with van der Waals surface area (Å²) in [6, 6.07) is 1.69. The third-order valence-electron chi connectivity index (χ3n) is 8.49. The molecule has 0 unspecified atom stereocenters. The predicted molar refractivity (Wildman–Crippen MR) is 191 cm³/mol. The number of hydrogen-bond donors (Lipinski definition) is 2. The number of allylic oxidation sites excluding steroid dienone is 13. The summed E-state index contributed by atoms with van der Waals surface area (Å²) >= 11 is 0. The fourth-order valence-corrected chi connectivity index (χ4v) is 5.07. The predicted octanol–water partition coefficient (Wildman–Crippen LogP) is 12.8. The SMILES string of the molecule is C=CCC/C(C)=C/CC/C(C)=C/CC/C(C)=C/CC/C(C)=C/CC/C(C)=C/CC/C(C)=C/Cc1cc(O)c(C)c(C)c1O. The molecule has 1 rings (SSSR count). The van der Waals surface area contributed by atoms with Crippen molar-refractivity contribution in [1.29, 1.82) is 0 Å². The van der Waals surface area contributed by atoms with E-state index in [4.69, 9.17) is 0 Å². The Morgan fingerprint density at radius 1 is 0.535 bits per heavy atom. The van der Waals surface area contributed by atoms with E-state index in [2.05, 4.69) is 84.6 Å². The van der Waals surface area contributed by atoms with Crippen LogP contribution in [0.1, 0.15) is 135 Å². The number of phenols is 2. The van der Waals surface area contributed by atoms with Crippen LogP contribution in [0.25, 0.3) is 0 Å². The van der Waals surface area contributed by atoms with E-state index >= 15 is 0 Å². The van der Waals surface area contributed by atoms with E-state index in [-0.39, 0.29) is 5.75 Å². The second-order valence-corrected chi connectivity index (χ2v) is 12.7. The summed E-state index contributed by atoms with van der Waals surface area (Å²) in [5.41, 5.74) is 11.0. The molecule has 0 heterocycles. The van der Waals surface area contributed by atoms with Gasteiger partial charge in [-0.05, 0) is 156 Å². The van der Waals surface area contributed by atoms with Gasteiger partial charge in [0, 0.05) is 5.56 Å². The Morgan fingerprint density at radius 3 is 1.21 bits per heavy atom. The third kappa shape index (κ3) is 17.0. The molecule has 1 aromatic rings. The van der Waals surface area contributed by atoms with Crippen molar-refractivity contribution in [2.45, 2.75) is 139 Å². The first kappa shape index (κ1) is 38.0. The smallest absolute Gasteiger partial charge is 0.122 e. The minimum Gasteiger partial charge on any atom is -0.508 e. The van der Waals surface area contributed by atoms with Crippen molar-refractivity contribution in [2.75, 3.05) is 0 Å². The molecule has 0 aromatic heterocycles. The topological polar surface area (TPSA) is 40.5 Å². The van der Waals surface area contributed by atoms with Crippen LogP contribution in [0.3, 0.4) is 0 Å². The molecule has 0 fully saturated rings. The zero-order valence-electron chi connectivity index (χ0n) is 28.9. The van der Waals surface area contributed by atoms with Crippen LogP contribution < -0.4 is 0 Å². The van der Waals surface area contributed by atoms with Crippen LogP contribution in [-0.4, -0.2) is 10.2 Å². The monoisotopic (exact) mass is 586 g/mol. The first-order valence-corrected chi connectivity index (χ1v) is 16.5. The minimum absolute atomic E-state index is 0.254. The molecule has 0 bridgehead atoms. The summed E-state index contributed by atoms with van der Waals surface area (Å²) < 4.78 is 0. The Balaban J connectivity index is 2.32. The average molecular weight is 587 g/mol. The van der Waals surface area contributed by atoms with Crippen LogP contribution in [0.4, 0.5) is 0 Å². The van der Waals surface area contributed by atoms with Crippen molar-refractivity contribution in [3.63, 3.8) is 0 Å². The molecule has 0 aliphatic rings. The number of hydrogen-bond acceptors (Lipinski definition) is 2. The summed E-state index contributed by atoms with van der Waals surface area (Å²) in [6.45, 7) is 20.9. The van der Waals surface area contributed by atoms with Gasteiger partial charge in [0.2, 0.25) is 0 Å². The molecule has 238 valence electrons. The summed E-state index contributed by atoms with van der Waals surface area (Å²) in [4.78, 5) is 0. The highest BCUT2D eigenvalue weighted by Gasteiger charge is 2.10. The highest BCUT2D eigenvalue weighted by atomic mass is 16.3. The second-order valence-electron chi connectivity index (χ2n) is 12.7. The summed E-state index contributed by atoms with van der Waals surface area (Å²) in [5, 5.41) is 20.5. The van der Waals surface area contributed by atoms with Gasteiger partial charge >= 0.3 is 0 Å². The van der Waals surface area contributed by atoms with Crippen LogP contribution in [0.15, 0.2) is 88.6 Å². The molecular formula is C41H62O2. The van der Waals surface area contributed by atoms with Gasteiger partial charge in [0.15, 0.2) is 0 Å². The van der Waals surface area contributed by atoms with Gasteiger partial charge in [0.1, 0.15) is 11.5 Å². The zero-order valence-corrected chi connectivity index (χ0v) is 28.9. The first-order chi connectivity index (χ1) is 20.4. The lowest BCUT2D eigenvalue weighted by atomic mass is 9.99. The van der Waals surface area contributed by atoms with E-state index in [1.54, 1.807) is 6.07 Å². The highest BCUT2D eigenvalue weighted by molar-refractivity contribution is 5.51. The van der Waals surface area contributed by atoms with Crippen LogP contribution in [0.5, 0.6) is 11.5 Å². The van der Waals surface area contributed by atoms with E-state index in [1.165, 1.54) is 33.4 Å². The quantitative estimate of drug-likeness (QED) is 0.118. The standard InChI is InChI=1S/C41H62O2/c1-10-11-17-31(2)18-12-19-32(3)20-13-21-33(4)22-14-23-34(5)24-15-25-35(6)26-16-27-36(7)28-29-39-30-40(42)37(8)38(9)41(39)43/h10,18,20,22,24,26,28,30,42-43H,1,11-17,19,21,23,25,27,29H2,2-9H3/b31-18+,32-20+,33-22+,34-24+,35-26+,36-28+. The normalized spacial score (nSPS) is 14.0. The van der Waals surface area contributed by atoms with Crippen molar-refractivity contribution < 1.29 is 10.2 Å². The molecule has 0 radical (unpaired) electrons. The number of phenolic OH excluding ortho intramolecular Hbond substituents is 2. The van der Waals surface area contributed by atoms with Crippen LogP contribution in [0, 0.1) is 13.8 Å². The van der Waals surface area contributed by atoms with Gasteiger partial charge < -0.3 is 10.2 Å². The Kier molecular flexibility index (Phi) is 19.1. The third-order valence-corrected chi connectivity index (χ3v) is 8.49. The zero-order chi connectivity index (χ0) is 32.2. The molecule has 0 saturated carbocycles. The van der Waals surface area contributed by atoms with Gasteiger partial charge in [-0.1, -0.05) is 76.0 Å². The van der Waals surface area contributed by atoms with E-state index in [1.807, 2.05) is 19.9 Å². The molecule has 43 heavy (non-hydrogen) atoms. The van der Waals surface area contributed by atoms with E-state index in [9.17, 15) is 10.2 Å². The molecule has 2 N–H and O–H groups in total. The van der Waals surface area contributed by atoms with E-state index in [0.717, 1.165) is 93.7 Å². The molecule has 0 aliphatic carbocycles. The van der Waals surface area contributed by atoms with Crippen LogP contribution in [-0.2, 0) is 6.42 Å². The van der Waals surface area contributed by atoms with Crippen LogP contribution >= 0.6 is 0 Å². The summed E-state index contributed by atoms with van der Waals surface area (Å²) in [6.07, 6.45) is 30.2. The Bertz CT molecular complexity index is 1200. The van der Waals surface area contributed by atoms with Crippen LogP contribution in [0.2, 0.25) is 0 Å². The Hall–Kier alpha value is -3.00. The van der Waals surface area contributed by atoms with Crippen molar-refractivity contribution in [3.8, 4) is 11.5 Å². The molecule has 2 heteroatoms. The summed E-state index contributed by atoms with van der Waals surface area (Å²) in [7, 11) is 0. The molecule has 0 amide bonds. The van der Waals surface area contributed by atoms with Gasteiger partial charge in [0.25, 0.3) is 0 Å². The molecule has 0 aliphatic heterocycles. The van der Waals surface area contributed by atoms with E-state index < -0.39 is 0 Å². The average Bonchev–Trinajstić information content (AvgIpc) is 2.96. The first-order valence-electron chi connectivity index (χ1n) is 16.5. The lowest BCUT2D eigenvalue weighted by Gasteiger charge is -2.10. The van der Waals surface area contributed by atoms with Gasteiger partial charge in [-0.3, -0.25) is 0 Å². The molecule has 1 aromatic carbocycles. The summed E-state index contributed by atoms with van der Waals surface area (Å²) in [5.74, 6) is 0.553. The minimum atomic E-state index is 0.254. The molecule has 2 nitrogen and oxygen atoms in total. The van der Waals surface area contributed by atoms with Gasteiger partial charge in [-0.2, -0.15) is 0 Å². The fourth-order valence-electron chi connectivity index (χ4n) is 5.07. The van der Waals surface area contributed by atoms with E-state index in [0.29, 0.717) is 12.2 Å². The largest absolute Gasteiger partial charge is 0.508 e. The molecular weight excluding hydrogens is 524 g/mol. The maximum atomic E-state index is 10.4. The van der Waals surface area contributed by atoms with Gasteiger partial charge in [-0.25, -0.2) is 0 Å². The maximum Gasteiger partial charge on any atom is 0.122 e. The number of rotatable bonds is 20. The molecule has 0 spiro atoms. The lowest BCUT2D eigenvalue weighted by Crippen LogP contribution is -1.91. The molecule has 0 atom stereocenters. The number of aromatic hydroxyl groups is 2. The van der Waals surface area contributed by atoms with Crippen molar-refractivity contribution in [2.24, 2.45) is 0 Å². The molecule has 0 saturated heterocycles. The van der Waals surface area contributed by atoms with Gasteiger partial charge in [-0.15, -0.1) is 6.58 Å². The lowest BCUT2D eigenvalue weighted by molar-refractivity contribution is 0.448. The van der Waals surface area contributed by atoms with Crippen molar-refractivity contribution in [1.82, 2.24) is 0 Å². The second kappa shape index (κ2) is 21.7. The maximum absolute atomic E-state index is 10.4.